The third-order valence-electron chi connectivity index (χ3n) is 4.56. The van der Waals surface area contributed by atoms with Gasteiger partial charge in [-0.1, -0.05) is 57.0 Å². The maximum atomic E-state index is 5.59. The molecule has 2 atom stereocenters. The maximum Gasteiger partial charge on any atom is 0.0506 e. The first-order valence-electron chi connectivity index (χ1n) is 8.21. The summed E-state index contributed by atoms with van der Waals surface area (Å²) in [6.07, 6.45) is 4.97. The van der Waals surface area contributed by atoms with Crippen molar-refractivity contribution in [2.45, 2.75) is 45.6 Å². The molecule has 2 heteroatoms. The molecule has 0 aliphatic carbocycles. The van der Waals surface area contributed by atoms with Gasteiger partial charge in [-0.2, -0.15) is 0 Å². The van der Waals surface area contributed by atoms with Crippen LogP contribution >= 0.6 is 0 Å². The summed E-state index contributed by atoms with van der Waals surface area (Å²) in [7, 11) is 0. The highest BCUT2D eigenvalue weighted by Crippen LogP contribution is 2.28. The van der Waals surface area contributed by atoms with Gasteiger partial charge in [-0.25, -0.2) is 0 Å². The van der Waals surface area contributed by atoms with Crippen LogP contribution in [0.3, 0.4) is 0 Å². The summed E-state index contributed by atoms with van der Waals surface area (Å²) in [5.74, 6) is 1.39. The molecule has 0 saturated carbocycles. The summed E-state index contributed by atoms with van der Waals surface area (Å²) in [6.45, 7) is 7.56. The Morgan fingerprint density at radius 3 is 2.55 bits per heavy atom. The van der Waals surface area contributed by atoms with Gasteiger partial charge in [0, 0.05) is 19.2 Å². The van der Waals surface area contributed by atoms with Gasteiger partial charge in [-0.05, 0) is 30.2 Å². The molecule has 2 rings (SSSR count). The molecule has 1 fully saturated rings. The smallest absolute Gasteiger partial charge is 0.0506 e. The zero-order chi connectivity index (χ0) is 14.2. The lowest BCUT2D eigenvalue weighted by Gasteiger charge is -2.30. The van der Waals surface area contributed by atoms with E-state index >= 15 is 0 Å². The molecule has 1 aromatic carbocycles. The van der Waals surface area contributed by atoms with Crippen molar-refractivity contribution in [1.29, 1.82) is 0 Å². The van der Waals surface area contributed by atoms with Crippen molar-refractivity contribution in [1.82, 2.24) is 5.32 Å². The molecule has 1 aromatic rings. The van der Waals surface area contributed by atoms with Crippen LogP contribution in [0.4, 0.5) is 0 Å². The molecule has 0 amide bonds. The molecule has 0 bridgehead atoms. The first-order valence-corrected chi connectivity index (χ1v) is 8.21. The van der Waals surface area contributed by atoms with Gasteiger partial charge >= 0.3 is 0 Å². The molecular weight excluding hydrogens is 246 g/mol. The van der Waals surface area contributed by atoms with Crippen LogP contribution in [0.15, 0.2) is 30.3 Å². The van der Waals surface area contributed by atoms with Gasteiger partial charge in [-0.15, -0.1) is 0 Å². The fraction of sp³-hybridized carbons (Fsp3) is 0.667. The topological polar surface area (TPSA) is 21.3 Å². The maximum absolute atomic E-state index is 5.59. The molecule has 0 radical (unpaired) electrons. The largest absolute Gasteiger partial charge is 0.381 e. The first-order chi connectivity index (χ1) is 9.85. The molecule has 112 valence electrons. The van der Waals surface area contributed by atoms with Gasteiger partial charge in [-0.3, -0.25) is 0 Å². The lowest BCUT2D eigenvalue weighted by molar-refractivity contribution is 0.0527. The third-order valence-corrected chi connectivity index (χ3v) is 4.56. The van der Waals surface area contributed by atoms with E-state index in [1.165, 1.54) is 31.2 Å². The molecule has 1 saturated heterocycles. The second-order valence-electron chi connectivity index (χ2n) is 5.96. The van der Waals surface area contributed by atoms with Crippen LogP contribution in [0.1, 0.15) is 51.1 Å². The Labute approximate surface area is 123 Å². The van der Waals surface area contributed by atoms with Gasteiger partial charge < -0.3 is 10.1 Å². The van der Waals surface area contributed by atoms with Gasteiger partial charge in [0.05, 0.1) is 6.61 Å². The van der Waals surface area contributed by atoms with Crippen LogP contribution in [-0.4, -0.2) is 19.8 Å². The Morgan fingerprint density at radius 1 is 1.20 bits per heavy atom. The molecule has 1 heterocycles. The lowest BCUT2D eigenvalue weighted by Crippen LogP contribution is -2.35. The Morgan fingerprint density at radius 2 is 1.95 bits per heavy atom. The van der Waals surface area contributed by atoms with Gasteiger partial charge in [0.2, 0.25) is 0 Å². The minimum absolute atomic E-state index is 0.480. The Hall–Kier alpha value is -0.860. The summed E-state index contributed by atoms with van der Waals surface area (Å²) in [4.78, 5) is 0. The highest BCUT2D eigenvalue weighted by atomic mass is 16.5. The van der Waals surface area contributed by atoms with E-state index in [-0.39, 0.29) is 0 Å². The van der Waals surface area contributed by atoms with Crippen molar-refractivity contribution in [2.75, 3.05) is 19.8 Å². The summed E-state index contributed by atoms with van der Waals surface area (Å²) in [5, 5.41) is 3.83. The van der Waals surface area contributed by atoms with Crippen LogP contribution in [0.2, 0.25) is 0 Å². The summed E-state index contributed by atoms with van der Waals surface area (Å²) in [5.41, 5.74) is 1.43. The Balaban J connectivity index is 1.98. The zero-order valence-corrected chi connectivity index (χ0v) is 13.0. The highest BCUT2D eigenvalue weighted by molar-refractivity contribution is 5.19. The second kappa shape index (κ2) is 8.43. The van der Waals surface area contributed by atoms with Crippen molar-refractivity contribution in [3.63, 3.8) is 0 Å². The number of ether oxygens (including phenoxy) is 1. The van der Waals surface area contributed by atoms with Crippen LogP contribution in [0, 0.1) is 11.8 Å². The lowest BCUT2D eigenvalue weighted by atomic mass is 9.88. The Bertz CT molecular complexity index is 355. The SMILES string of the molecule is CCC(CC)C(NCC1CCCOC1)c1ccccc1. The predicted molar refractivity (Wildman–Crippen MR) is 84.8 cm³/mol. The van der Waals surface area contributed by atoms with Crippen molar-refractivity contribution >= 4 is 0 Å². The molecule has 2 unspecified atom stereocenters. The number of rotatable bonds is 7. The van der Waals surface area contributed by atoms with Crippen LogP contribution in [-0.2, 0) is 4.74 Å². The van der Waals surface area contributed by atoms with Gasteiger partial charge in [0.25, 0.3) is 0 Å². The first kappa shape index (κ1) is 15.5. The fourth-order valence-electron chi connectivity index (χ4n) is 3.24. The fourth-order valence-corrected chi connectivity index (χ4v) is 3.24. The minimum atomic E-state index is 0.480. The van der Waals surface area contributed by atoms with Gasteiger partial charge in [0.15, 0.2) is 0 Å². The molecule has 1 aliphatic heterocycles. The van der Waals surface area contributed by atoms with Crippen LogP contribution < -0.4 is 5.32 Å². The highest BCUT2D eigenvalue weighted by Gasteiger charge is 2.22. The van der Waals surface area contributed by atoms with E-state index in [0.29, 0.717) is 17.9 Å². The molecule has 0 spiro atoms. The van der Waals surface area contributed by atoms with Crippen molar-refractivity contribution in [3.05, 3.63) is 35.9 Å². The van der Waals surface area contributed by atoms with E-state index in [4.69, 9.17) is 4.74 Å². The average Bonchev–Trinajstić information content (AvgIpc) is 2.53. The molecule has 1 N–H and O–H groups in total. The molecule has 20 heavy (non-hydrogen) atoms. The molecule has 0 aromatic heterocycles. The minimum Gasteiger partial charge on any atom is -0.381 e. The normalized spacial score (nSPS) is 21.1. The quantitative estimate of drug-likeness (QED) is 0.806. The van der Waals surface area contributed by atoms with Crippen LogP contribution in [0.5, 0.6) is 0 Å². The standard InChI is InChI=1S/C18H29NO/c1-3-16(4-2)18(17-10-6-5-7-11-17)19-13-15-9-8-12-20-14-15/h5-7,10-11,15-16,18-19H,3-4,8-9,12-14H2,1-2H3. The van der Waals surface area contributed by atoms with E-state index in [2.05, 4.69) is 49.5 Å². The Kier molecular flexibility index (Phi) is 6.55. The van der Waals surface area contributed by atoms with E-state index in [1.807, 2.05) is 0 Å². The van der Waals surface area contributed by atoms with E-state index < -0.39 is 0 Å². The van der Waals surface area contributed by atoms with E-state index in [0.717, 1.165) is 19.8 Å². The summed E-state index contributed by atoms with van der Waals surface area (Å²) < 4.78 is 5.59. The molecule has 2 nitrogen and oxygen atoms in total. The summed E-state index contributed by atoms with van der Waals surface area (Å²) >= 11 is 0. The number of nitrogens with one attached hydrogen (secondary N) is 1. The average molecular weight is 275 g/mol. The predicted octanol–water partition coefficient (Wildman–Crippen LogP) is 4.18. The van der Waals surface area contributed by atoms with Crippen molar-refractivity contribution in [2.24, 2.45) is 11.8 Å². The van der Waals surface area contributed by atoms with E-state index in [1.54, 1.807) is 0 Å². The van der Waals surface area contributed by atoms with Crippen LogP contribution in [0.25, 0.3) is 0 Å². The molecule has 1 aliphatic rings. The van der Waals surface area contributed by atoms with Crippen molar-refractivity contribution in [3.8, 4) is 0 Å². The van der Waals surface area contributed by atoms with E-state index in [9.17, 15) is 0 Å². The third kappa shape index (κ3) is 4.32. The zero-order valence-electron chi connectivity index (χ0n) is 13.0. The summed E-state index contributed by atoms with van der Waals surface area (Å²) in [6, 6.07) is 11.4. The monoisotopic (exact) mass is 275 g/mol. The number of hydrogen-bond donors (Lipinski definition) is 1. The van der Waals surface area contributed by atoms with Gasteiger partial charge in [0.1, 0.15) is 0 Å². The number of hydrogen-bond acceptors (Lipinski definition) is 2. The second-order valence-corrected chi connectivity index (χ2v) is 5.96. The number of benzene rings is 1. The van der Waals surface area contributed by atoms with Crippen molar-refractivity contribution < 1.29 is 4.74 Å². The molecular formula is C18H29NO.